The first-order valence-corrected chi connectivity index (χ1v) is 43.3. The van der Waals surface area contributed by atoms with Gasteiger partial charge in [-0.25, -0.2) is 9.13 Å². The average molecular weight is 1410 g/mol. The summed E-state index contributed by atoms with van der Waals surface area (Å²) in [6.07, 6.45) is 62.4. The van der Waals surface area contributed by atoms with E-state index in [1.165, 1.54) is 244 Å². The Balaban J connectivity index is 5.21. The van der Waals surface area contributed by atoms with Gasteiger partial charge in [-0.15, -0.1) is 0 Å². The Morgan fingerprint density at radius 1 is 0.250 bits per heavy atom. The van der Waals surface area contributed by atoms with Crippen LogP contribution in [0, 0.1) is 0 Å². The highest BCUT2D eigenvalue weighted by Crippen LogP contribution is 2.45. The van der Waals surface area contributed by atoms with Gasteiger partial charge in [-0.3, -0.25) is 37.3 Å². The fraction of sp³-hybridized carbons (Fsp3) is 0.948. The Morgan fingerprint density at radius 2 is 0.417 bits per heavy atom. The average Bonchev–Trinajstić information content (AvgIpc) is 1.03. The molecule has 0 heterocycles. The molecular formula is C77H150O17P2. The lowest BCUT2D eigenvalue weighted by Crippen LogP contribution is -2.30. The summed E-state index contributed by atoms with van der Waals surface area (Å²) in [4.78, 5) is 72.8. The van der Waals surface area contributed by atoms with Crippen molar-refractivity contribution in [3.63, 3.8) is 0 Å². The number of unbranched alkanes of at least 4 members (excludes halogenated alkanes) is 52. The lowest BCUT2D eigenvalue weighted by Gasteiger charge is -2.21. The number of rotatable bonds is 78. The summed E-state index contributed by atoms with van der Waals surface area (Å²) >= 11 is 0. The van der Waals surface area contributed by atoms with E-state index in [2.05, 4.69) is 27.7 Å². The molecule has 2 unspecified atom stereocenters. The molecule has 0 aliphatic carbocycles. The molecule has 0 bridgehead atoms. The quantitative estimate of drug-likeness (QED) is 0.0222. The van der Waals surface area contributed by atoms with Gasteiger partial charge in [0.2, 0.25) is 0 Å². The SMILES string of the molecule is CCCCCCCCCCCCCCCCCCCCC(=O)O[C@H](COC(=O)CCCCCCCCCCCCCCCCCC)COP(=O)(O)OC[C@@H](O)COP(=O)(O)OC[C@@H](COC(=O)CCCCCCCCCC)OC(=O)CCCCCCCCCCCCCCCC. The summed E-state index contributed by atoms with van der Waals surface area (Å²) in [6, 6.07) is 0. The molecule has 0 rings (SSSR count). The smallest absolute Gasteiger partial charge is 0.462 e. The van der Waals surface area contributed by atoms with Crippen LogP contribution in [0.15, 0.2) is 0 Å². The van der Waals surface area contributed by atoms with E-state index in [1.807, 2.05) is 0 Å². The van der Waals surface area contributed by atoms with E-state index in [9.17, 15) is 43.2 Å². The van der Waals surface area contributed by atoms with Gasteiger partial charge in [0.15, 0.2) is 12.2 Å². The summed E-state index contributed by atoms with van der Waals surface area (Å²) in [5, 5.41) is 10.6. The molecule has 0 aromatic carbocycles. The normalized spacial score (nSPS) is 13.9. The molecule has 0 spiro atoms. The van der Waals surface area contributed by atoms with Gasteiger partial charge in [-0.05, 0) is 25.7 Å². The summed E-state index contributed by atoms with van der Waals surface area (Å²) in [6.45, 7) is 4.98. The van der Waals surface area contributed by atoms with Gasteiger partial charge in [-0.2, -0.15) is 0 Å². The molecule has 0 saturated carbocycles. The fourth-order valence-corrected chi connectivity index (χ4v) is 13.5. The highest BCUT2D eigenvalue weighted by Gasteiger charge is 2.30. The van der Waals surface area contributed by atoms with Crippen molar-refractivity contribution >= 4 is 39.5 Å². The third-order valence-electron chi connectivity index (χ3n) is 18.1. The molecule has 19 heteroatoms. The summed E-state index contributed by atoms with van der Waals surface area (Å²) < 4.78 is 68.5. The molecule has 17 nitrogen and oxygen atoms in total. The van der Waals surface area contributed by atoms with Crippen molar-refractivity contribution in [1.29, 1.82) is 0 Å². The first kappa shape index (κ1) is 94.1. The van der Waals surface area contributed by atoms with Crippen LogP contribution in [-0.4, -0.2) is 96.7 Å². The number of hydrogen-bond acceptors (Lipinski definition) is 15. The number of carbonyl (C=O) groups is 4. The van der Waals surface area contributed by atoms with Crippen LogP contribution < -0.4 is 0 Å². The highest BCUT2D eigenvalue weighted by molar-refractivity contribution is 7.47. The zero-order chi connectivity index (χ0) is 70.4. The van der Waals surface area contributed by atoms with Gasteiger partial charge in [0.05, 0.1) is 26.4 Å². The first-order valence-electron chi connectivity index (χ1n) is 40.3. The van der Waals surface area contributed by atoms with Crippen molar-refractivity contribution in [3.8, 4) is 0 Å². The third-order valence-corrected chi connectivity index (χ3v) is 20.0. The Bertz CT molecular complexity index is 1830. The highest BCUT2D eigenvalue weighted by atomic mass is 31.2. The molecule has 96 heavy (non-hydrogen) atoms. The maximum Gasteiger partial charge on any atom is 0.472 e. The Kier molecular flexibility index (Phi) is 70.0. The van der Waals surface area contributed by atoms with Crippen LogP contribution in [0.4, 0.5) is 0 Å². The van der Waals surface area contributed by atoms with Gasteiger partial charge >= 0.3 is 39.5 Å². The van der Waals surface area contributed by atoms with Gasteiger partial charge in [0.1, 0.15) is 19.3 Å². The minimum Gasteiger partial charge on any atom is -0.462 e. The number of phosphoric ester groups is 2. The number of esters is 4. The predicted octanol–water partition coefficient (Wildman–Crippen LogP) is 23.0. The molecule has 5 atom stereocenters. The topological polar surface area (TPSA) is 237 Å². The molecule has 0 aliphatic rings. The monoisotopic (exact) mass is 1410 g/mol. The van der Waals surface area contributed by atoms with Crippen LogP contribution in [0.1, 0.15) is 413 Å². The molecule has 0 aromatic heterocycles. The Hall–Kier alpha value is -1.94. The van der Waals surface area contributed by atoms with Gasteiger partial charge < -0.3 is 33.8 Å². The molecule has 0 aliphatic heterocycles. The van der Waals surface area contributed by atoms with Crippen LogP contribution in [-0.2, 0) is 65.4 Å². The third kappa shape index (κ3) is 70.5. The van der Waals surface area contributed by atoms with Crippen molar-refractivity contribution in [3.05, 3.63) is 0 Å². The lowest BCUT2D eigenvalue weighted by molar-refractivity contribution is -0.161. The molecule has 570 valence electrons. The summed E-state index contributed by atoms with van der Waals surface area (Å²) in [7, 11) is -9.91. The molecule has 0 fully saturated rings. The van der Waals surface area contributed by atoms with Crippen LogP contribution in [0.3, 0.4) is 0 Å². The van der Waals surface area contributed by atoms with Gasteiger partial charge in [-0.1, -0.05) is 362 Å². The van der Waals surface area contributed by atoms with Crippen LogP contribution in [0.5, 0.6) is 0 Å². The minimum atomic E-state index is -4.96. The van der Waals surface area contributed by atoms with Gasteiger partial charge in [0.25, 0.3) is 0 Å². The molecular weight excluding hydrogens is 1260 g/mol. The van der Waals surface area contributed by atoms with E-state index in [4.69, 9.17) is 37.0 Å². The predicted molar refractivity (Wildman–Crippen MR) is 391 cm³/mol. The van der Waals surface area contributed by atoms with E-state index in [1.54, 1.807) is 0 Å². The van der Waals surface area contributed by atoms with Crippen LogP contribution >= 0.6 is 15.6 Å². The second kappa shape index (κ2) is 71.5. The first-order chi connectivity index (χ1) is 46.7. The molecule has 0 aromatic rings. The summed E-state index contributed by atoms with van der Waals surface area (Å²) in [5.74, 6) is -2.11. The van der Waals surface area contributed by atoms with Crippen LogP contribution in [0.2, 0.25) is 0 Å². The number of carbonyl (C=O) groups excluding carboxylic acids is 4. The second-order valence-electron chi connectivity index (χ2n) is 27.7. The van der Waals surface area contributed by atoms with Gasteiger partial charge in [0, 0.05) is 25.7 Å². The molecule has 3 N–H and O–H groups in total. The second-order valence-corrected chi connectivity index (χ2v) is 30.7. The lowest BCUT2D eigenvalue weighted by atomic mass is 10.0. The number of aliphatic hydroxyl groups is 1. The number of phosphoric acid groups is 2. The fourth-order valence-electron chi connectivity index (χ4n) is 11.9. The number of aliphatic hydroxyl groups excluding tert-OH is 1. The van der Waals surface area contributed by atoms with Crippen molar-refractivity contribution in [2.24, 2.45) is 0 Å². The van der Waals surface area contributed by atoms with E-state index in [-0.39, 0.29) is 25.7 Å². The van der Waals surface area contributed by atoms with Crippen molar-refractivity contribution in [2.45, 2.75) is 431 Å². The maximum atomic E-state index is 13.1. The molecule has 0 radical (unpaired) electrons. The minimum absolute atomic E-state index is 0.108. The zero-order valence-corrected chi connectivity index (χ0v) is 64.1. The van der Waals surface area contributed by atoms with E-state index in [0.29, 0.717) is 25.7 Å². The molecule has 0 amide bonds. The zero-order valence-electron chi connectivity index (χ0n) is 62.4. The Morgan fingerprint density at radius 3 is 0.615 bits per heavy atom. The Labute approximate surface area is 588 Å². The van der Waals surface area contributed by atoms with Crippen molar-refractivity contribution in [1.82, 2.24) is 0 Å². The number of hydrogen-bond donors (Lipinski definition) is 3. The van der Waals surface area contributed by atoms with E-state index >= 15 is 0 Å². The van der Waals surface area contributed by atoms with E-state index < -0.39 is 97.5 Å². The standard InChI is InChI=1S/C77H150O17P2/c1-5-9-13-17-21-25-28-31-34-36-37-39-42-45-48-52-56-60-64-77(82)94-73(68-88-75(80)62-58-54-50-46-43-41-38-35-32-29-26-22-18-14-10-6-2)70-92-96(85,86)90-66-71(78)65-89-95(83,84)91-69-72(67-87-74(79)61-57-53-49-24-20-16-12-8-4)93-76(81)63-59-55-51-47-44-40-33-30-27-23-19-15-11-7-3/h71-73,78H,5-70H2,1-4H3,(H,83,84)(H,85,86)/t71-,72+,73+/m0/s1. The maximum absolute atomic E-state index is 13.1. The van der Waals surface area contributed by atoms with E-state index in [0.717, 1.165) is 89.9 Å². The van der Waals surface area contributed by atoms with Crippen molar-refractivity contribution in [2.75, 3.05) is 39.6 Å². The largest absolute Gasteiger partial charge is 0.472 e. The summed E-state index contributed by atoms with van der Waals surface area (Å²) in [5.41, 5.74) is 0. The van der Waals surface area contributed by atoms with Crippen molar-refractivity contribution < 1.29 is 80.2 Å². The van der Waals surface area contributed by atoms with Crippen LogP contribution in [0.25, 0.3) is 0 Å². The number of ether oxygens (including phenoxy) is 4. The molecule has 0 saturated heterocycles.